The van der Waals surface area contributed by atoms with Crippen LogP contribution in [0.25, 0.3) is 0 Å². The van der Waals surface area contributed by atoms with Crippen LogP contribution in [0.5, 0.6) is 0 Å². The molecule has 0 unspecified atom stereocenters. The molecule has 1 aromatic rings. The topological polar surface area (TPSA) is 81.5 Å². The number of nitriles is 1. The minimum absolute atomic E-state index is 0.0332. The Morgan fingerprint density at radius 2 is 2.04 bits per heavy atom. The van der Waals surface area contributed by atoms with Crippen molar-refractivity contribution in [3.63, 3.8) is 0 Å². The Balaban J connectivity index is 1.94. The average molecular weight is 349 g/mol. The van der Waals surface area contributed by atoms with Gasteiger partial charge < -0.3 is 4.90 Å². The van der Waals surface area contributed by atoms with E-state index in [9.17, 15) is 13.2 Å². The van der Waals surface area contributed by atoms with Crippen LogP contribution in [-0.2, 0) is 21.4 Å². The smallest absolute Gasteiger partial charge is 0.225 e. The van der Waals surface area contributed by atoms with Gasteiger partial charge in [-0.15, -0.1) is 0 Å². The van der Waals surface area contributed by atoms with Crippen LogP contribution in [-0.4, -0.2) is 49.4 Å². The first-order valence-corrected chi connectivity index (χ1v) is 9.70. The minimum atomic E-state index is -3.17. The molecular weight excluding hydrogens is 326 g/mol. The standard InChI is InChI=1S/C17H23N3O3S/c1-3-24(22,23)20-9-7-16(8-10-20)17(21)19(2)13-15-6-4-5-14(11-15)12-18/h4-6,11,16H,3,7-10,13H2,1-2H3. The lowest BCUT2D eigenvalue weighted by Crippen LogP contribution is -2.43. The summed E-state index contributed by atoms with van der Waals surface area (Å²) in [4.78, 5) is 14.2. The van der Waals surface area contributed by atoms with E-state index in [-0.39, 0.29) is 17.6 Å². The van der Waals surface area contributed by atoms with Crippen molar-refractivity contribution in [1.29, 1.82) is 5.26 Å². The van der Waals surface area contributed by atoms with Crippen molar-refractivity contribution in [2.24, 2.45) is 5.92 Å². The predicted molar refractivity (Wildman–Crippen MR) is 91.4 cm³/mol. The van der Waals surface area contributed by atoms with Crippen LogP contribution in [0.2, 0.25) is 0 Å². The quantitative estimate of drug-likeness (QED) is 0.808. The van der Waals surface area contributed by atoms with Gasteiger partial charge in [0, 0.05) is 32.6 Å². The van der Waals surface area contributed by atoms with Crippen LogP contribution in [0.1, 0.15) is 30.9 Å². The molecule has 0 radical (unpaired) electrons. The maximum atomic E-state index is 12.6. The molecule has 0 N–H and O–H groups in total. The molecule has 0 atom stereocenters. The number of hydrogen-bond donors (Lipinski definition) is 0. The van der Waals surface area contributed by atoms with E-state index in [1.54, 1.807) is 37.1 Å². The number of amides is 1. The first kappa shape index (κ1) is 18.4. The molecule has 130 valence electrons. The molecule has 1 aliphatic heterocycles. The Morgan fingerprint density at radius 3 is 2.62 bits per heavy atom. The summed E-state index contributed by atoms with van der Waals surface area (Å²) < 4.78 is 25.2. The number of sulfonamides is 1. The lowest BCUT2D eigenvalue weighted by Gasteiger charge is -2.32. The second-order valence-electron chi connectivity index (χ2n) is 6.08. The summed E-state index contributed by atoms with van der Waals surface area (Å²) in [7, 11) is -1.42. The molecule has 1 saturated heterocycles. The van der Waals surface area contributed by atoms with Crippen molar-refractivity contribution in [1.82, 2.24) is 9.21 Å². The second-order valence-corrected chi connectivity index (χ2v) is 8.34. The number of carbonyl (C=O) groups excluding carboxylic acids is 1. The SMILES string of the molecule is CCS(=O)(=O)N1CCC(C(=O)N(C)Cc2cccc(C#N)c2)CC1. The van der Waals surface area contributed by atoms with Gasteiger partial charge in [-0.05, 0) is 37.5 Å². The van der Waals surface area contributed by atoms with Crippen molar-refractivity contribution in [2.75, 3.05) is 25.9 Å². The molecule has 7 heteroatoms. The molecule has 1 aromatic carbocycles. The Hall–Kier alpha value is -1.91. The van der Waals surface area contributed by atoms with Gasteiger partial charge in [0.1, 0.15) is 0 Å². The summed E-state index contributed by atoms with van der Waals surface area (Å²) in [5, 5.41) is 8.94. The molecule has 0 aliphatic carbocycles. The fourth-order valence-corrected chi connectivity index (χ4v) is 4.10. The molecule has 1 fully saturated rings. The third kappa shape index (κ3) is 4.34. The van der Waals surface area contributed by atoms with E-state index >= 15 is 0 Å². The molecule has 0 saturated carbocycles. The van der Waals surface area contributed by atoms with Crippen LogP contribution in [0.15, 0.2) is 24.3 Å². The number of benzene rings is 1. The van der Waals surface area contributed by atoms with Crippen molar-refractivity contribution in [3.8, 4) is 6.07 Å². The van der Waals surface area contributed by atoms with E-state index in [1.807, 2.05) is 6.07 Å². The van der Waals surface area contributed by atoms with Gasteiger partial charge in [-0.25, -0.2) is 12.7 Å². The summed E-state index contributed by atoms with van der Waals surface area (Å²) >= 11 is 0. The zero-order chi connectivity index (χ0) is 17.7. The largest absolute Gasteiger partial charge is 0.341 e. The molecule has 6 nitrogen and oxygen atoms in total. The van der Waals surface area contributed by atoms with Gasteiger partial charge >= 0.3 is 0 Å². The molecule has 24 heavy (non-hydrogen) atoms. The summed E-state index contributed by atoms with van der Waals surface area (Å²) in [6, 6.07) is 9.30. The van der Waals surface area contributed by atoms with Gasteiger partial charge in [-0.2, -0.15) is 5.26 Å². The highest BCUT2D eigenvalue weighted by Crippen LogP contribution is 2.22. The number of nitrogens with zero attached hydrogens (tertiary/aromatic N) is 3. The number of hydrogen-bond acceptors (Lipinski definition) is 4. The van der Waals surface area contributed by atoms with Crippen molar-refractivity contribution in [3.05, 3.63) is 35.4 Å². The number of rotatable bonds is 5. The summed E-state index contributed by atoms with van der Waals surface area (Å²) in [5.41, 5.74) is 1.49. The fraction of sp³-hybridized carbons (Fsp3) is 0.529. The maximum Gasteiger partial charge on any atom is 0.225 e. The van der Waals surface area contributed by atoms with E-state index in [0.29, 0.717) is 38.0 Å². The van der Waals surface area contributed by atoms with E-state index in [0.717, 1.165) is 5.56 Å². The molecule has 0 aromatic heterocycles. The molecular formula is C17H23N3O3S. The Kier molecular flexibility index (Phi) is 5.97. The monoisotopic (exact) mass is 349 g/mol. The van der Waals surface area contributed by atoms with Crippen LogP contribution >= 0.6 is 0 Å². The maximum absolute atomic E-state index is 12.6. The van der Waals surface area contributed by atoms with Gasteiger partial charge in [0.05, 0.1) is 17.4 Å². The molecule has 1 aliphatic rings. The molecule has 2 rings (SSSR count). The fourth-order valence-electron chi connectivity index (χ4n) is 2.97. The van der Waals surface area contributed by atoms with Crippen molar-refractivity contribution < 1.29 is 13.2 Å². The van der Waals surface area contributed by atoms with Gasteiger partial charge in [-0.1, -0.05) is 12.1 Å². The lowest BCUT2D eigenvalue weighted by atomic mass is 9.96. The number of carbonyl (C=O) groups is 1. The molecule has 0 bridgehead atoms. The summed E-state index contributed by atoms with van der Waals surface area (Å²) in [6.45, 7) is 2.90. The summed E-state index contributed by atoms with van der Waals surface area (Å²) in [5.74, 6) is -0.0100. The first-order chi connectivity index (χ1) is 11.4. The van der Waals surface area contributed by atoms with Gasteiger partial charge in [-0.3, -0.25) is 4.79 Å². The van der Waals surface area contributed by atoms with E-state index in [1.165, 1.54) is 4.31 Å². The third-order valence-electron chi connectivity index (χ3n) is 4.41. The van der Waals surface area contributed by atoms with Crippen LogP contribution in [0.4, 0.5) is 0 Å². The zero-order valence-electron chi connectivity index (χ0n) is 14.1. The average Bonchev–Trinajstić information content (AvgIpc) is 2.61. The Labute approximate surface area is 143 Å². The van der Waals surface area contributed by atoms with Crippen LogP contribution in [0.3, 0.4) is 0 Å². The van der Waals surface area contributed by atoms with Crippen LogP contribution in [0, 0.1) is 17.2 Å². The van der Waals surface area contributed by atoms with Crippen molar-refractivity contribution >= 4 is 15.9 Å². The van der Waals surface area contributed by atoms with Crippen LogP contribution < -0.4 is 0 Å². The third-order valence-corrected chi connectivity index (χ3v) is 6.29. The number of piperidine rings is 1. The summed E-state index contributed by atoms with van der Waals surface area (Å²) in [6.07, 6.45) is 1.11. The Morgan fingerprint density at radius 1 is 1.38 bits per heavy atom. The lowest BCUT2D eigenvalue weighted by molar-refractivity contribution is -0.135. The Bertz CT molecular complexity index is 732. The zero-order valence-corrected chi connectivity index (χ0v) is 14.9. The minimum Gasteiger partial charge on any atom is -0.341 e. The molecule has 1 heterocycles. The highest BCUT2D eigenvalue weighted by atomic mass is 32.2. The van der Waals surface area contributed by atoms with E-state index < -0.39 is 10.0 Å². The predicted octanol–water partition coefficient (Wildman–Crippen LogP) is 1.58. The molecule has 0 spiro atoms. The highest BCUT2D eigenvalue weighted by Gasteiger charge is 2.31. The normalized spacial score (nSPS) is 16.5. The highest BCUT2D eigenvalue weighted by molar-refractivity contribution is 7.89. The van der Waals surface area contributed by atoms with Crippen molar-refractivity contribution in [2.45, 2.75) is 26.3 Å². The van der Waals surface area contributed by atoms with Gasteiger partial charge in [0.15, 0.2) is 0 Å². The van der Waals surface area contributed by atoms with E-state index in [2.05, 4.69) is 6.07 Å². The van der Waals surface area contributed by atoms with Gasteiger partial charge in [0.25, 0.3) is 0 Å². The molecule has 1 amide bonds. The second kappa shape index (κ2) is 7.77. The van der Waals surface area contributed by atoms with E-state index in [4.69, 9.17) is 5.26 Å². The van der Waals surface area contributed by atoms with Gasteiger partial charge in [0.2, 0.25) is 15.9 Å². The first-order valence-electron chi connectivity index (χ1n) is 8.09.